The van der Waals surface area contributed by atoms with Crippen molar-refractivity contribution in [3.8, 4) is 11.1 Å². The Morgan fingerprint density at radius 3 is 2.74 bits per heavy atom. The fourth-order valence-corrected chi connectivity index (χ4v) is 4.01. The molecule has 2 aromatic heterocycles. The van der Waals surface area contributed by atoms with Gasteiger partial charge in [-0.2, -0.15) is 0 Å². The van der Waals surface area contributed by atoms with Crippen LogP contribution in [0.1, 0.15) is 17.1 Å². The van der Waals surface area contributed by atoms with E-state index < -0.39 is 0 Å². The maximum Gasteiger partial charge on any atom is 0.260 e. The SMILES string of the molecule is Cc1sc2nc(CCCCl)[nH]c(=O)c2c1-c1ccc(Cl)c(Cl)c1. The number of aromatic amines is 1. The molecule has 0 aliphatic carbocycles. The van der Waals surface area contributed by atoms with Crippen LogP contribution >= 0.6 is 46.1 Å². The number of aromatic nitrogens is 2. The Morgan fingerprint density at radius 2 is 2.04 bits per heavy atom. The molecule has 0 bridgehead atoms. The largest absolute Gasteiger partial charge is 0.310 e. The van der Waals surface area contributed by atoms with Gasteiger partial charge in [0.15, 0.2) is 0 Å². The van der Waals surface area contributed by atoms with Gasteiger partial charge in [-0.05, 0) is 31.0 Å². The quantitative estimate of drug-likeness (QED) is 0.606. The van der Waals surface area contributed by atoms with Crippen molar-refractivity contribution in [3.63, 3.8) is 0 Å². The van der Waals surface area contributed by atoms with Crippen LogP contribution in [0.2, 0.25) is 10.0 Å². The molecule has 0 amide bonds. The van der Waals surface area contributed by atoms with Gasteiger partial charge in [-0.15, -0.1) is 22.9 Å². The monoisotopic (exact) mass is 386 g/mol. The van der Waals surface area contributed by atoms with E-state index in [1.165, 1.54) is 11.3 Å². The lowest BCUT2D eigenvalue weighted by atomic mass is 10.0. The van der Waals surface area contributed by atoms with E-state index in [-0.39, 0.29) is 5.56 Å². The maximum absolute atomic E-state index is 12.5. The third-order valence-electron chi connectivity index (χ3n) is 3.54. The molecule has 0 aliphatic rings. The van der Waals surface area contributed by atoms with Crippen LogP contribution in [0.3, 0.4) is 0 Å². The number of fused-ring (bicyclic) bond motifs is 1. The van der Waals surface area contributed by atoms with Gasteiger partial charge in [-0.3, -0.25) is 4.79 Å². The predicted molar refractivity (Wildman–Crippen MR) is 99.5 cm³/mol. The second-order valence-electron chi connectivity index (χ2n) is 5.15. The van der Waals surface area contributed by atoms with Gasteiger partial charge in [0.2, 0.25) is 0 Å². The summed E-state index contributed by atoms with van der Waals surface area (Å²) in [5, 5.41) is 1.55. The molecule has 120 valence electrons. The molecule has 0 unspecified atom stereocenters. The number of nitrogens with one attached hydrogen (secondary N) is 1. The van der Waals surface area contributed by atoms with Crippen LogP contribution in [0.25, 0.3) is 21.3 Å². The van der Waals surface area contributed by atoms with Crippen LogP contribution in [0.4, 0.5) is 0 Å². The van der Waals surface area contributed by atoms with Crippen LogP contribution in [0.15, 0.2) is 23.0 Å². The molecule has 0 atom stereocenters. The van der Waals surface area contributed by atoms with Crippen molar-refractivity contribution in [3.05, 3.63) is 49.3 Å². The highest BCUT2D eigenvalue weighted by Crippen LogP contribution is 2.37. The minimum Gasteiger partial charge on any atom is -0.310 e. The summed E-state index contributed by atoms with van der Waals surface area (Å²) in [5.74, 6) is 1.21. The first kappa shape index (κ1) is 16.8. The maximum atomic E-state index is 12.5. The third-order valence-corrected chi connectivity index (χ3v) is 5.55. The summed E-state index contributed by atoms with van der Waals surface area (Å²) in [6.45, 7) is 1.97. The van der Waals surface area contributed by atoms with Gasteiger partial charge >= 0.3 is 0 Å². The lowest BCUT2D eigenvalue weighted by Gasteiger charge is -2.04. The second kappa shape index (κ2) is 6.81. The summed E-state index contributed by atoms with van der Waals surface area (Å²) >= 11 is 19.3. The molecule has 0 aliphatic heterocycles. The topological polar surface area (TPSA) is 45.8 Å². The van der Waals surface area contributed by atoms with Crippen molar-refractivity contribution < 1.29 is 0 Å². The molecule has 0 radical (unpaired) electrons. The van der Waals surface area contributed by atoms with Gasteiger partial charge in [-0.1, -0.05) is 29.3 Å². The van der Waals surface area contributed by atoms with E-state index in [4.69, 9.17) is 34.8 Å². The highest BCUT2D eigenvalue weighted by Gasteiger charge is 2.17. The molecule has 0 fully saturated rings. The molecule has 23 heavy (non-hydrogen) atoms. The van der Waals surface area contributed by atoms with Gasteiger partial charge in [-0.25, -0.2) is 4.98 Å². The average molecular weight is 388 g/mol. The summed E-state index contributed by atoms with van der Waals surface area (Å²) in [5.41, 5.74) is 1.59. The van der Waals surface area contributed by atoms with Crippen molar-refractivity contribution in [2.45, 2.75) is 19.8 Å². The zero-order chi connectivity index (χ0) is 16.6. The van der Waals surface area contributed by atoms with Crippen molar-refractivity contribution in [2.75, 3.05) is 5.88 Å². The summed E-state index contributed by atoms with van der Waals surface area (Å²) in [6.07, 6.45) is 1.44. The smallest absolute Gasteiger partial charge is 0.260 e. The van der Waals surface area contributed by atoms with Gasteiger partial charge in [0.05, 0.1) is 15.4 Å². The van der Waals surface area contributed by atoms with Gasteiger partial charge in [0.1, 0.15) is 10.7 Å². The van der Waals surface area contributed by atoms with E-state index in [2.05, 4.69) is 9.97 Å². The van der Waals surface area contributed by atoms with Gasteiger partial charge < -0.3 is 4.98 Å². The zero-order valence-electron chi connectivity index (χ0n) is 12.3. The molecule has 0 spiro atoms. The molecule has 1 N–H and O–H groups in total. The Labute approximate surface area is 152 Å². The molecule has 1 aromatic carbocycles. The minimum atomic E-state index is -0.134. The highest BCUT2D eigenvalue weighted by molar-refractivity contribution is 7.19. The van der Waals surface area contributed by atoms with Gasteiger partial charge in [0, 0.05) is 22.7 Å². The number of benzene rings is 1. The number of hydrogen-bond acceptors (Lipinski definition) is 3. The lowest BCUT2D eigenvalue weighted by molar-refractivity contribution is 0.843. The van der Waals surface area contributed by atoms with Crippen LogP contribution in [-0.4, -0.2) is 15.8 Å². The Kier molecular flexibility index (Phi) is 4.97. The standard InChI is InChI=1S/C16H13Cl3N2OS/c1-8-13(9-4-5-10(18)11(19)7-9)14-15(22)20-12(3-2-6-17)21-16(14)23-8/h4-5,7H,2-3,6H2,1H3,(H,20,21,22). The number of thiophene rings is 1. The van der Waals surface area contributed by atoms with E-state index in [9.17, 15) is 4.79 Å². The van der Waals surface area contributed by atoms with E-state index in [0.717, 1.165) is 27.3 Å². The van der Waals surface area contributed by atoms with Crippen molar-refractivity contribution in [1.82, 2.24) is 9.97 Å². The average Bonchev–Trinajstić information content (AvgIpc) is 2.84. The molecule has 3 nitrogen and oxygen atoms in total. The number of H-pyrrole nitrogens is 1. The predicted octanol–water partition coefficient (Wildman–Crippen LogP) is 5.44. The number of halogens is 3. The number of rotatable bonds is 4. The second-order valence-corrected chi connectivity index (χ2v) is 7.54. The van der Waals surface area contributed by atoms with E-state index >= 15 is 0 Å². The van der Waals surface area contributed by atoms with Crippen LogP contribution in [0, 0.1) is 6.92 Å². The lowest BCUT2D eigenvalue weighted by Crippen LogP contribution is -2.11. The van der Waals surface area contributed by atoms with E-state index in [0.29, 0.717) is 33.6 Å². The number of aryl methyl sites for hydroxylation is 2. The van der Waals surface area contributed by atoms with Crippen molar-refractivity contribution in [1.29, 1.82) is 0 Å². The molecule has 0 saturated heterocycles. The third kappa shape index (κ3) is 3.26. The molecular formula is C16H13Cl3N2OS. The first-order chi connectivity index (χ1) is 11.0. The fraction of sp³-hybridized carbons (Fsp3) is 0.250. The highest BCUT2D eigenvalue weighted by atomic mass is 35.5. The van der Waals surface area contributed by atoms with E-state index in [1.54, 1.807) is 12.1 Å². The summed E-state index contributed by atoms with van der Waals surface area (Å²) in [7, 11) is 0. The van der Waals surface area contributed by atoms with Gasteiger partial charge in [0.25, 0.3) is 5.56 Å². The minimum absolute atomic E-state index is 0.134. The van der Waals surface area contributed by atoms with Crippen molar-refractivity contribution >= 4 is 56.4 Å². The van der Waals surface area contributed by atoms with E-state index in [1.807, 2.05) is 13.0 Å². The summed E-state index contributed by atoms with van der Waals surface area (Å²) in [4.78, 5) is 21.7. The summed E-state index contributed by atoms with van der Waals surface area (Å²) < 4.78 is 0. The number of nitrogens with zero attached hydrogens (tertiary/aromatic N) is 1. The van der Waals surface area contributed by atoms with Crippen LogP contribution in [0.5, 0.6) is 0 Å². The fourth-order valence-electron chi connectivity index (χ4n) is 2.52. The molecule has 2 heterocycles. The molecular weight excluding hydrogens is 375 g/mol. The van der Waals surface area contributed by atoms with Crippen LogP contribution in [-0.2, 0) is 6.42 Å². The van der Waals surface area contributed by atoms with Crippen molar-refractivity contribution in [2.24, 2.45) is 0 Å². The Morgan fingerprint density at radius 1 is 1.26 bits per heavy atom. The summed E-state index contributed by atoms with van der Waals surface area (Å²) in [6, 6.07) is 5.38. The Balaban J connectivity index is 2.20. The Hall–Kier alpha value is -1.07. The molecule has 0 saturated carbocycles. The molecule has 3 rings (SSSR count). The molecule has 3 aromatic rings. The normalized spacial score (nSPS) is 11.3. The zero-order valence-corrected chi connectivity index (χ0v) is 15.3. The number of hydrogen-bond donors (Lipinski definition) is 1. The Bertz CT molecular complexity index is 933. The first-order valence-corrected chi connectivity index (χ1v) is 9.15. The van der Waals surface area contributed by atoms with Crippen LogP contribution < -0.4 is 5.56 Å². The number of alkyl halides is 1. The molecule has 7 heteroatoms. The first-order valence-electron chi connectivity index (χ1n) is 7.05.